The van der Waals surface area contributed by atoms with Crippen LogP contribution in [0.2, 0.25) is 0 Å². The number of furan rings is 1. The lowest BCUT2D eigenvalue weighted by molar-refractivity contribution is 0.414. The second kappa shape index (κ2) is 11.7. The SMILES string of the molecule is CC1(C2=CC3C=Cc4oc5ccccc5c4C3C=C2)C=CC(N(c2ccc(-c3ccccc3)cc2)c2ccc3c(c2)-c2ccccc2C3(C)C)CC1. The number of hydrogen-bond donors (Lipinski definition) is 0. The first-order valence-electron chi connectivity index (χ1n) is 18.9. The molecule has 52 heavy (non-hydrogen) atoms. The summed E-state index contributed by atoms with van der Waals surface area (Å²) in [5.74, 6) is 1.64. The Labute approximate surface area is 307 Å². The van der Waals surface area contributed by atoms with E-state index in [1.807, 2.05) is 0 Å². The Hall–Kier alpha value is -5.60. The van der Waals surface area contributed by atoms with E-state index in [-0.39, 0.29) is 16.9 Å². The van der Waals surface area contributed by atoms with Gasteiger partial charge in [0.05, 0.1) is 6.04 Å². The quantitative estimate of drug-likeness (QED) is 0.169. The van der Waals surface area contributed by atoms with Gasteiger partial charge in [-0.1, -0.05) is 148 Å². The number of rotatable bonds is 5. The van der Waals surface area contributed by atoms with E-state index >= 15 is 0 Å². The van der Waals surface area contributed by atoms with E-state index in [4.69, 9.17) is 4.42 Å². The van der Waals surface area contributed by atoms with E-state index in [1.54, 1.807) is 0 Å². The maximum Gasteiger partial charge on any atom is 0.135 e. The highest BCUT2D eigenvalue weighted by molar-refractivity contribution is 5.87. The molecule has 254 valence electrons. The van der Waals surface area contributed by atoms with Crippen molar-refractivity contribution in [3.8, 4) is 22.3 Å². The van der Waals surface area contributed by atoms with Gasteiger partial charge in [-0.25, -0.2) is 0 Å². The van der Waals surface area contributed by atoms with Gasteiger partial charge in [-0.15, -0.1) is 0 Å². The van der Waals surface area contributed by atoms with Gasteiger partial charge in [0.2, 0.25) is 0 Å². The van der Waals surface area contributed by atoms with E-state index in [1.165, 1.54) is 61.3 Å². The lowest BCUT2D eigenvalue weighted by Gasteiger charge is -2.41. The van der Waals surface area contributed by atoms with Gasteiger partial charge in [0, 0.05) is 45.0 Å². The third-order valence-corrected chi connectivity index (χ3v) is 12.5. The number of fused-ring (bicyclic) bond motifs is 8. The van der Waals surface area contributed by atoms with E-state index < -0.39 is 0 Å². The average molecular weight is 674 g/mol. The van der Waals surface area contributed by atoms with E-state index in [2.05, 4.69) is 190 Å². The van der Waals surface area contributed by atoms with Gasteiger partial charge in [-0.05, 0) is 88.2 Å². The molecule has 4 atom stereocenters. The summed E-state index contributed by atoms with van der Waals surface area (Å²) in [6.45, 7) is 7.14. The monoisotopic (exact) mass is 673 g/mol. The van der Waals surface area contributed by atoms with Crippen LogP contribution in [0.5, 0.6) is 0 Å². The van der Waals surface area contributed by atoms with Crippen LogP contribution in [-0.2, 0) is 5.41 Å². The van der Waals surface area contributed by atoms with Gasteiger partial charge in [-0.2, -0.15) is 0 Å². The largest absolute Gasteiger partial charge is 0.456 e. The highest BCUT2D eigenvalue weighted by atomic mass is 16.3. The summed E-state index contributed by atoms with van der Waals surface area (Å²) >= 11 is 0. The summed E-state index contributed by atoms with van der Waals surface area (Å²) < 4.78 is 6.23. The molecule has 0 bridgehead atoms. The summed E-state index contributed by atoms with van der Waals surface area (Å²) in [5, 5.41) is 1.24. The number of nitrogens with zero attached hydrogens (tertiary/aromatic N) is 1. The highest BCUT2D eigenvalue weighted by Crippen LogP contribution is 2.52. The third-order valence-electron chi connectivity index (χ3n) is 12.5. The number of anilines is 2. The van der Waals surface area contributed by atoms with Crippen molar-refractivity contribution in [1.29, 1.82) is 0 Å². The second-order valence-corrected chi connectivity index (χ2v) is 15.9. The Balaban J connectivity index is 0.998. The molecule has 0 spiro atoms. The van der Waals surface area contributed by atoms with E-state index in [0.717, 1.165) is 24.2 Å². The number of benzene rings is 5. The van der Waals surface area contributed by atoms with Crippen molar-refractivity contribution in [2.75, 3.05) is 4.90 Å². The zero-order valence-electron chi connectivity index (χ0n) is 30.1. The van der Waals surface area contributed by atoms with Crippen molar-refractivity contribution in [1.82, 2.24) is 0 Å². The molecule has 2 heteroatoms. The van der Waals surface area contributed by atoms with Crippen LogP contribution in [0.1, 0.15) is 62.0 Å². The zero-order valence-corrected chi connectivity index (χ0v) is 30.1. The minimum Gasteiger partial charge on any atom is -0.456 e. The molecule has 10 rings (SSSR count). The Morgan fingerprint density at radius 2 is 1.38 bits per heavy atom. The second-order valence-electron chi connectivity index (χ2n) is 15.9. The van der Waals surface area contributed by atoms with Gasteiger partial charge >= 0.3 is 0 Å². The van der Waals surface area contributed by atoms with E-state index in [9.17, 15) is 0 Å². The molecular weight excluding hydrogens is 631 g/mol. The molecule has 0 fully saturated rings. The van der Waals surface area contributed by atoms with Gasteiger partial charge < -0.3 is 9.32 Å². The molecule has 0 amide bonds. The fraction of sp³-hybridized carbons (Fsp3) is 0.200. The van der Waals surface area contributed by atoms with Crippen molar-refractivity contribution in [2.24, 2.45) is 11.3 Å². The Morgan fingerprint density at radius 3 is 2.21 bits per heavy atom. The summed E-state index contributed by atoms with van der Waals surface area (Å²) in [6.07, 6.45) is 19.0. The summed E-state index contributed by atoms with van der Waals surface area (Å²) in [4.78, 5) is 2.58. The van der Waals surface area contributed by atoms with Crippen LogP contribution in [0.3, 0.4) is 0 Å². The molecule has 4 unspecified atom stereocenters. The topological polar surface area (TPSA) is 16.4 Å². The normalized spacial score (nSPS) is 23.4. The molecule has 0 radical (unpaired) electrons. The molecule has 6 aromatic rings. The summed E-state index contributed by atoms with van der Waals surface area (Å²) in [7, 11) is 0. The van der Waals surface area contributed by atoms with Crippen LogP contribution in [0, 0.1) is 11.3 Å². The Bertz CT molecular complexity index is 2470. The molecule has 5 aromatic carbocycles. The molecule has 4 aliphatic rings. The number of allylic oxidation sites excluding steroid dienone is 6. The first-order valence-corrected chi connectivity index (χ1v) is 18.9. The van der Waals surface area contributed by atoms with Gasteiger partial charge in [0.1, 0.15) is 11.3 Å². The fourth-order valence-electron chi connectivity index (χ4n) is 9.54. The van der Waals surface area contributed by atoms with Gasteiger partial charge in [-0.3, -0.25) is 0 Å². The lowest BCUT2D eigenvalue weighted by atomic mass is 9.68. The van der Waals surface area contributed by atoms with Crippen LogP contribution >= 0.6 is 0 Å². The third kappa shape index (κ3) is 4.84. The number of para-hydroxylation sites is 1. The predicted octanol–water partition coefficient (Wildman–Crippen LogP) is 13.2. The van der Waals surface area contributed by atoms with Gasteiger partial charge in [0.15, 0.2) is 0 Å². The standard InChI is InChI=1S/C50H43NO/c1-49(2)44-15-9-7-13-41(44)43-32-39(23-25-45(43)49)51(37-21-17-34(18-22-37)33-11-5-4-6-12-33)38-27-29-50(3,30-28-38)36-20-24-40-35(31-36)19-26-47-48(40)42-14-8-10-16-46(42)52-47/h4-27,29,31-32,35,38,40H,28,30H2,1-3H3. The van der Waals surface area contributed by atoms with Crippen molar-refractivity contribution in [3.05, 3.63) is 186 Å². The van der Waals surface area contributed by atoms with E-state index in [0.29, 0.717) is 11.8 Å². The van der Waals surface area contributed by atoms with Crippen LogP contribution in [0.4, 0.5) is 11.4 Å². The van der Waals surface area contributed by atoms with Crippen molar-refractivity contribution in [2.45, 2.75) is 51.0 Å². The van der Waals surface area contributed by atoms with Crippen molar-refractivity contribution in [3.63, 3.8) is 0 Å². The molecule has 0 saturated carbocycles. The summed E-state index contributed by atoms with van der Waals surface area (Å²) in [5.41, 5.74) is 14.2. The molecule has 1 heterocycles. The zero-order chi connectivity index (χ0) is 35.0. The maximum atomic E-state index is 6.23. The Kier molecular flexibility index (Phi) is 7.02. The van der Waals surface area contributed by atoms with Crippen LogP contribution in [-0.4, -0.2) is 6.04 Å². The van der Waals surface area contributed by atoms with Crippen molar-refractivity contribution < 1.29 is 4.42 Å². The summed E-state index contributed by atoms with van der Waals surface area (Å²) in [6, 6.07) is 44.7. The smallest absolute Gasteiger partial charge is 0.135 e. The number of hydrogen-bond acceptors (Lipinski definition) is 2. The first-order chi connectivity index (χ1) is 25.4. The van der Waals surface area contributed by atoms with Gasteiger partial charge in [0.25, 0.3) is 0 Å². The molecule has 1 aromatic heterocycles. The fourth-order valence-corrected chi connectivity index (χ4v) is 9.54. The molecular formula is C50H43NO. The minimum atomic E-state index is -0.0334. The Morgan fingerprint density at radius 1 is 0.654 bits per heavy atom. The molecule has 4 aliphatic carbocycles. The highest BCUT2D eigenvalue weighted by Gasteiger charge is 2.38. The van der Waals surface area contributed by atoms with Crippen LogP contribution in [0.25, 0.3) is 39.3 Å². The molecule has 0 aliphatic heterocycles. The first kappa shape index (κ1) is 31.2. The van der Waals surface area contributed by atoms with Crippen LogP contribution < -0.4 is 4.90 Å². The maximum absolute atomic E-state index is 6.23. The van der Waals surface area contributed by atoms with Crippen molar-refractivity contribution >= 4 is 28.4 Å². The molecule has 0 N–H and O–H groups in total. The average Bonchev–Trinajstić information content (AvgIpc) is 3.68. The molecule has 2 nitrogen and oxygen atoms in total. The van der Waals surface area contributed by atoms with Crippen LogP contribution in [0.15, 0.2) is 168 Å². The minimum absolute atomic E-state index is 0.0147. The lowest BCUT2D eigenvalue weighted by Crippen LogP contribution is -2.35. The predicted molar refractivity (Wildman–Crippen MR) is 217 cm³/mol. The molecule has 0 saturated heterocycles.